The zero-order valence-corrected chi connectivity index (χ0v) is 14.4. The molecule has 2 aromatic rings. The van der Waals surface area contributed by atoms with Gasteiger partial charge in [-0.2, -0.15) is 0 Å². The number of rotatable bonds is 7. The van der Waals surface area contributed by atoms with Crippen molar-refractivity contribution in [1.29, 1.82) is 0 Å². The highest BCUT2D eigenvalue weighted by Gasteiger charge is 2.28. The summed E-state index contributed by atoms with van der Waals surface area (Å²) in [6.07, 6.45) is 0. The molecule has 2 aromatic carbocycles. The fourth-order valence-corrected chi connectivity index (χ4v) is 3.63. The molecule has 132 valence electrons. The van der Waals surface area contributed by atoms with E-state index in [1.807, 2.05) is 0 Å². The molecule has 0 aromatic heterocycles. The van der Waals surface area contributed by atoms with Crippen molar-refractivity contribution >= 4 is 27.4 Å². The van der Waals surface area contributed by atoms with Crippen molar-refractivity contribution in [2.45, 2.75) is 11.8 Å². The van der Waals surface area contributed by atoms with Crippen LogP contribution >= 0.6 is 0 Å². The highest BCUT2D eigenvalue weighted by atomic mass is 32.2. The molecule has 0 heterocycles. The van der Waals surface area contributed by atoms with Crippen molar-refractivity contribution in [1.82, 2.24) is 0 Å². The predicted molar refractivity (Wildman–Crippen MR) is 90.3 cm³/mol. The third kappa shape index (κ3) is 3.94. The number of carboxylic acids is 1. The number of sulfonamides is 1. The lowest BCUT2D eigenvalue weighted by Crippen LogP contribution is -2.56. The standard InChI is InChI=1S/C16H16N2O6S/c1-11-3-8-14(9-15(11)17-21)25(22,23)18(10-16(19)20)12-4-6-13(24-2)7-5-12/h3-9H,10H2,1-2H3,(H,19,20)/p+1. The number of hydrogen-bond acceptors (Lipinski definition) is 5. The minimum atomic E-state index is -4.19. The Kier molecular flexibility index (Phi) is 5.38. The molecule has 0 saturated heterocycles. The number of anilines is 1. The van der Waals surface area contributed by atoms with Crippen molar-refractivity contribution in [2.75, 3.05) is 18.0 Å². The molecule has 0 aliphatic heterocycles. The van der Waals surface area contributed by atoms with Gasteiger partial charge in [0.2, 0.25) is 0 Å². The maximum atomic E-state index is 12.9. The van der Waals surface area contributed by atoms with Crippen LogP contribution in [0.25, 0.3) is 0 Å². The van der Waals surface area contributed by atoms with Crippen LogP contribution in [-0.2, 0) is 14.8 Å². The smallest absolute Gasteiger partial charge is 0.324 e. The predicted octanol–water partition coefficient (Wildman–Crippen LogP) is 0.762. The minimum absolute atomic E-state index is 0.103. The Hall–Kier alpha value is -2.94. The van der Waals surface area contributed by atoms with Gasteiger partial charge in [0.25, 0.3) is 15.7 Å². The molecule has 25 heavy (non-hydrogen) atoms. The quantitative estimate of drug-likeness (QED) is 0.749. The molecule has 8 nitrogen and oxygen atoms in total. The Bertz CT molecular complexity index is 893. The number of benzene rings is 2. The lowest BCUT2D eigenvalue weighted by Gasteiger charge is -2.22. The van der Waals surface area contributed by atoms with Crippen LogP contribution < -0.4 is 14.2 Å². The van der Waals surface area contributed by atoms with Crippen LogP contribution in [0.3, 0.4) is 0 Å². The molecule has 0 atom stereocenters. The molecule has 9 heteroatoms. The van der Waals surface area contributed by atoms with Crippen molar-refractivity contribution in [3.8, 4) is 5.75 Å². The van der Waals surface area contributed by atoms with E-state index in [0.717, 1.165) is 4.31 Å². The van der Waals surface area contributed by atoms with Gasteiger partial charge in [-0.05, 0) is 37.3 Å². The maximum absolute atomic E-state index is 12.9. The van der Waals surface area contributed by atoms with E-state index in [1.165, 1.54) is 49.6 Å². The molecule has 0 bridgehead atoms. The first kappa shape index (κ1) is 18.4. The molecule has 0 radical (unpaired) electrons. The molecule has 2 N–H and O–H groups in total. The average molecular weight is 365 g/mol. The van der Waals surface area contributed by atoms with Crippen LogP contribution in [-0.4, -0.2) is 33.1 Å². The second-order valence-electron chi connectivity index (χ2n) is 5.18. The Morgan fingerprint density at radius 2 is 1.84 bits per heavy atom. The van der Waals surface area contributed by atoms with E-state index >= 15 is 0 Å². The van der Waals surface area contributed by atoms with E-state index in [-0.39, 0.29) is 16.3 Å². The molecule has 0 unspecified atom stereocenters. The lowest BCUT2D eigenvalue weighted by molar-refractivity contribution is -0.380. The summed E-state index contributed by atoms with van der Waals surface area (Å²) in [6, 6.07) is 9.92. The average Bonchev–Trinajstić information content (AvgIpc) is 2.59. The molecule has 0 amide bonds. The SMILES string of the molecule is COc1ccc(N(CC(=O)O)S(=O)(=O)c2ccc(C)c([NH+]=O)c2)cc1. The summed E-state index contributed by atoms with van der Waals surface area (Å²) in [5.41, 5.74) is 0.842. The molecule has 0 aliphatic rings. The summed E-state index contributed by atoms with van der Waals surface area (Å²) in [5.74, 6) is -0.807. The maximum Gasteiger partial charge on any atom is 0.324 e. The number of aryl methyl sites for hydroxylation is 1. The molecule has 0 fully saturated rings. The number of carboxylic acid groups (broad SMARTS) is 1. The summed E-state index contributed by atoms with van der Waals surface area (Å²) in [7, 11) is -2.72. The minimum Gasteiger partial charge on any atom is -0.497 e. The van der Waals surface area contributed by atoms with Gasteiger partial charge in [-0.25, -0.2) is 8.42 Å². The lowest BCUT2D eigenvalue weighted by atomic mass is 10.2. The van der Waals surface area contributed by atoms with Crippen LogP contribution in [0.15, 0.2) is 47.4 Å². The van der Waals surface area contributed by atoms with Gasteiger partial charge in [-0.1, -0.05) is 6.07 Å². The van der Waals surface area contributed by atoms with Crippen LogP contribution in [0.4, 0.5) is 11.4 Å². The Labute approximate surface area is 144 Å². The summed E-state index contributed by atoms with van der Waals surface area (Å²) < 4.78 is 31.6. The first-order chi connectivity index (χ1) is 11.8. The molecule has 0 aliphatic carbocycles. The van der Waals surface area contributed by atoms with Crippen LogP contribution in [0.2, 0.25) is 0 Å². The number of ether oxygens (including phenoxy) is 1. The third-order valence-electron chi connectivity index (χ3n) is 3.55. The van der Waals surface area contributed by atoms with Crippen LogP contribution in [0.1, 0.15) is 5.56 Å². The fourth-order valence-electron chi connectivity index (χ4n) is 2.19. The summed E-state index contributed by atoms with van der Waals surface area (Å²) in [4.78, 5) is 21.9. The third-order valence-corrected chi connectivity index (χ3v) is 5.32. The van der Waals surface area contributed by atoms with Crippen molar-refractivity contribution in [2.24, 2.45) is 0 Å². The summed E-state index contributed by atoms with van der Waals surface area (Å²) in [6.45, 7) is 0.887. The van der Waals surface area contributed by atoms with Crippen LogP contribution in [0, 0.1) is 11.8 Å². The van der Waals surface area contributed by atoms with E-state index in [9.17, 15) is 18.1 Å². The van der Waals surface area contributed by atoms with Gasteiger partial charge in [0.05, 0.1) is 17.7 Å². The molecule has 0 spiro atoms. The van der Waals surface area contributed by atoms with E-state index in [0.29, 0.717) is 11.3 Å². The topological polar surface area (TPSA) is 115 Å². The largest absolute Gasteiger partial charge is 0.497 e. The zero-order chi connectivity index (χ0) is 18.6. The summed E-state index contributed by atoms with van der Waals surface area (Å²) >= 11 is 0. The second kappa shape index (κ2) is 7.31. The number of nitrogens with one attached hydrogen (secondary N) is 1. The van der Waals surface area contributed by atoms with E-state index in [4.69, 9.17) is 9.84 Å². The number of nitrogens with zero attached hydrogens (tertiary/aromatic N) is 1. The molecular formula is C16H17N2O6S+. The van der Waals surface area contributed by atoms with Gasteiger partial charge in [-0.3, -0.25) is 9.10 Å². The van der Waals surface area contributed by atoms with Crippen LogP contribution in [0.5, 0.6) is 5.75 Å². The van der Waals surface area contributed by atoms with Crippen molar-refractivity contribution in [3.63, 3.8) is 0 Å². The van der Waals surface area contributed by atoms with Crippen molar-refractivity contribution < 1.29 is 28.2 Å². The van der Waals surface area contributed by atoms with Gasteiger partial charge in [0, 0.05) is 21.7 Å². The highest BCUT2D eigenvalue weighted by Crippen LogP contribution is 2.27. The van der Waals surface area contributed by atoms with Crippen molar-refractivity contribution in [3.05, 3.63) is 52.9 Å². The normalized spacial score (nSPS) is 11.0. The number of nitroso groups, excluding NO2 is 1. The second-order valence-corrected chi connectivity index (χ2v) is 7.04. The number of aliphatic carboxylic acids is 1. The van der Waals surface area contributed by atoms with Gasteiger partial charge in [0.15, 0.2) is 0 Å². The molecule has 2 rings (SSSR count). The molecular weight excluding hydrogens is 348 g/mol. The zero-order valence-electron chi connectivity index (χ0n) is 13.6. The van der Waals surface area contributed by atoms with Gasteiger partial charge >= 0.3 is 5.97 Å². The van der Waals surface area contributed by atoms with Gasteiger partial charge < -0.3 is 9.84 Å². The van der Waals surface area contributed by atoms with Gasteiger partial charge in [0.1, 0.15) is 12.3 Å². The number of carbonyl (C=O) groups is 1. The fraction of sp³-hybridized carbons (Fsp3) is 0.188. The van der Waals surface area contributed by atoms with E-state index in [1.54, 1.807) is 12.1 Å². The first-order valence-electron chi connectivity index (χ1n) is 7.17. The monoisotopic (exact) mass is 365 g/mol. The number of hydrogen-bond donors (Lipinski definition) is 2. The van der Waals surface area contributed by atoms with E-state index < -0.39 is 22.5 Å². The Balaban J connectivity index is 2.55. The van der Waals surface area contributed by atoms with Gasteiger partial charge in [-0.15, -0.1) is 0 Å². The summed E-state index contributed by atoms with van der Waals surface area (Å²) in [5, 5.41) is 10.8. The highest BCUT2D eigenvalue weighted by molar-refractivity contribution is 7.92. The number of methoxy groups -OCH3 is 1. The van der Waals surface area contributed by atoms with E-state index in [2.05, 4.69) is 0 Å². The Morgan fingerprint density at radius 1 is 1.20 bits per heavy atom. The first-order valence-corrected chi connectivity index (χ1v) is 8.61. The Morgan fingerprint density at radius 3 is 2.36 bits per heavy atom. The molecule has 0 saturated carbocycles.